The largest absolute Gasteiger partial charge is 0.310 e. The van der Waals surface area contributed by atoms with E-state index in [0.29, 0.717) is 0 Å². The number of fused-ring (bicyclic) bond motifs is 4. The maximum Gasteiger partial charge on any atom is 0.179 e. The van der Waals surface area contributed by atoms with Gasteiger partial charge in [0.05, 0.1) is 16.7 Å². The Morgan fingerprint density at radius 2 is 0.746 bits per heavy atom. The molecule has 0 aliphatic rings. The zero-order valence-electron chi connectivity index (χ0n) is 37.0. The normalized spacial score (nSPS) is 11.6. The summed E-state index contributed by atoms with van der Waals surface area (Å²) >= 11 is 0. The van der Waals surface area contributed by atoms with Gasteiger partial charge >= 0.3 is 0 Å². The molecule has 12 rings (SSSR count). The van der Waals surface area contributed by atoms with Crippen LogP contribution in [0, 0.1) is 0 Å². The molecule has 0 amide bonds. The van der Waals surface area contributed by atoms with Crippen molar-refractivity contribution < 1.29 is 0 Å². The fraction of sp³-hybridized carbons (Fsp3) is 0. The Balaban J connectivity index is 0.955. The molecule has 12 aromatic rings. The Bertz CT molecular complexity index is 3550. The summed E-state index contributed by atoms with van der Waals surface area (Å²) in [5.74, 6) is 0. The van der Waals surface area contributed by atoms with Gasteiger partial charge in [-0.05, 0) is 109 Å². The molecule has 1 heterocycles. The number of hydrogen-bond donors (Lipinski definition) is 0. The van der Waals surface area contributed by atoms with Crippen molar-refractivity contribution >= 4 is 78.5 Å². The minimum absolute atomic E-state index is 1.09. The molecule has 0 saturated carbocycles. The van der Waals surface area contributed by atoms with Crippen LogP contribution in [0.4, 0.5) is 17.1 Å². The molecule has 3 heteroatoms. The molecular formula is C64H46N2Si. The van der Waals surface area contributed by atoms with Gasteiger partial charge in [0, 0.05) is 33.4 Å². The second-order valence-corrected chi connectivity index (χ2v) is 21.1. The monoisotopic (exact) mass is 870 g/mol. The Morgan fingerprint density at radius 1 is 0.299 bits per heavy atom. The van der Waals surface area contributed by atoms with Crippen molar-refractivity contribution in [3.63, 3.8) is 0 Å². The van der Waals surface area contributed by atoms with Crippen molar-refractivity contribution in [3.8, 4) is 27.9 Å². The number of anilines is 3. The third-order valence-corrected chi connectivity index (χ3v) is 18.3. The first-order valence-corrected chi connectivity index (χ1v) is 25.1. The van der Waals surface area contributed by atoms with Crippen LogP contribution in [0.1, 0.15) is 0 Å². The first kappa shape index (κ1) is 40.0. The van der Waals surface area contributed by atoms with E-state index < -0.39 is 8.07 Å². The van der Waals surface area contributed by atoms with Crippen LogP contribution in [0.15, 0.2) is 279 Å². The van der Waals surface area contributed by atoms with Crippen LogP contribution in [0.25, 0.3) is 60.5 Å². The van der Waals surface area contributed by atoms with E-state index >= 15 is 0 Å². The summed E-state index contributed by atoms with van der Waals surface area (Å²) in [5, 5.41) is 10.5. The minimum atomic E-state index is -2.71. The third kappa shape index (κ3) is 7.05. The van der Waals surface area contributed by atoms with Crippen LogP contribution in [0.3, 0.4) is 0 Å². The van der Waals surface area contributed by atoms with E-state index in [4.69, 9.17) is 0 Å². The molecule has 0 aliphatic carbocycles. The maximum absolute atomic E-state index is 2.71. The lowest BCUT2D eigenvalue weighted by molar-refractivity contribution is 1.18. The predicted octanol–water partition coefficient (Wildman–Crippen LogP) is 14.1. The number of hydrogen-bond acceptors (Lipinski definition) is 1. The summed E-state index contributed by atoms with van der Waals surface area (Å²) in [6, 6.07) is 103. The number of aromatic nitrogens is 1. The van der Waals surface area contributed by atoms with E-state index in [1.807, 2.05) is 0 Å². The molecule has 0 atom stereocenters. The van der Waals surface area contributed by atoms with Gasteiger partial charge in [0.1, 0.15) is 0 Å². The quantitative estimate of drug-likeness (QED) is 0.0982. The van der Waals surface area contributed by atoms with Gasteiger partial charge in [0.15, 0.2) is 8.07 Å². The summed E-state index contributed by atoms with van der Waals surface area (Å²) in [5.41, 5.74) is 11.6. The molecule has 0 unspecified atom stereocenters. The molecule has 0 bridgehead atoms. The number of rotatable bonds is 10. The first-order valence-electron chi connectivity index (χ1n) is 23.1. The smallest absolute Gasteiger partial charge is 0.179 e. The SMILES string of the molecule is c1ccc(-c2ccccc2N(c2ccc(-c3ccc(-n4c5ccccc5c5cc6ccccc6cc54)cc3)cc2)c2ccc([Si](c3ccccc3)(c3ccccc3)c3ccccc3)cc2)cc1. The highest BCUT2D eigenvalue weighted by Crippen LogP contribution is 2.41. The van der Waals surface area contributed by atoms with Gasteiger partial charge < -0.3 is 9.47 Å². The third-order valence-electron chi connectivity index (χ3n) is 13.5. The zero-order chi connectivity index (χ0) is 44.6. The summed E-state index contributed by atoms with van der Waals surface area (Å²) in [4.78, 5) is 2.42. The highest BCUT2D eigenvalue weighted by molar-refractivity contribution is 7.19. The Labute approximate surface area is 392 Å². The summed E-state index contributed by atoms with van der Waals surface area (Å²) in [6.07, 6.45) is 0. The molecule has 2 nitrogen and oxygen atoms in total. The van der Waals surface area contributed by atoms with Gasteiger partial charge in [0.2, 0.25) is 0 Å². The standard InChI is InChI=1S/C64H46N2Si/c1-5-19-49(20-6-1)59-29-15-17-31-62(59)65(53-41-43-58(44-42-53)67(55-23-7-2-8-24-55,56-25-9-3-10-26-56)57-27-11-4-12-28-57)52-37-33-47(34-38-52)48-35-39-54(40-36-48)66-63-32-18-16-30-60(63)61-45-50-21-13-14-22-51(50)46-64(61)66/h1-46H. The van der Waals surface area contributed by atoms with Gasteiger partial charge in [-0.1, -0.05) is 218 Å². The molecule has 0 spiro atoms. The van der Waals surface area contributed by atoms with Crippen LogP contribution in [-0.4, -0.2) is 12.6 Å². The van der Waals surface area contributed by atoms with Crippen molar-refractivity contribution in [1.82, 2.24) is 4.57 Å². The number of benzene rings is 11. The predicted molar refractivity (Wildman–Crippen MR) is 287 cm³/mol. The van der Waals surface area contributed by atoms with Crippen molar-refractivity contribution in [1.29, 1.82) is 0 Å². The van der Waals surface area contributed by atoms with E-state index in [0.717, 1.165) is 22.7 Å². The molecular weight excluding hydrogens is 825 g/mol. The second kappa shape index (κ2) is 17.1. The van der Waals surface area contributed by atoms with Crippen molar-refractivity contribution in [3.05, 3.63) is 279 Å². The minimum Gasteiger partial charge on any atom is -0.310 e. The zero-order valence-corrected chi connectivity index (χ0v) is 38.0. The van der Waals surface area contributed by atoms with E-state index in [-0.39, 0.29) is 0 Å². The molecule has 11 aromatic carbocycles. The maximum atomic E-state index is 2.42. The lowest BCUT2D eigenvalue weighted by Crippen LogP contribution is -2.74. The summed E-state index contributed by atoms with van der Waals surface area (Å²) in [7, 11) is -2.71. The molecule has 0 saturated heterocycles. The topological polar surface area (TPSA) is 8.17 Å². The van der Waals surface area contributed by atoms with Gasteiger partial charge in [-0.15, -0.1) is 0 Å². The van der Waals surface area contributed by atoms with Crippen LogP contribution in [0.2, 0.25) is 0 Å². The van der Waals surface area contributed by atoms with Crippen molar-refractivity contribution in [2.24, 2.45) is 0 Å². The highest BCUT2D eigenvalue weighted by atomic mass is 28.3. The van der Waals surface area contributed by atoms with Crippen molar-refractivity contribution in [2.45, 2.75) is 0 Å². The molecule has 316 valence electrons. The molecule has 0 aliphatic heterocycles. The fourth-order valence-corrected chi connectivity index (χ4v) is 15.2. The van der Waals surface area contributed by atoms with E-state index in [9.17, 15) is 0 Å². The number of nitrogens with zero attached hydrogens (tertiary/aromatic N) is 2. The second-order valence-electron chi connectivity index (χ2n) is 17.3. The Morgan fingerprint density at radius 3 is 1.34 bits per heavy atom. The van der Waals surface area contributed by atoms with E-state index in [1.54, 1.807) is 0 Å². The van der Waals surface area contributed by atoms with Gasteiger partial charge in [-0.2, -0.15) is 0 Å². The van der Waals surface area contributed by atoms with E-state index in [1.165, 1.54) is 75.6 Å². The van der Waals surface area contributed by atoms with Crippen LogP contribution in [0.5, 0.6) is 0 Å². The molecule has 1 aromatic heterocycles. The van der Waals surface area contributed by atoms with Gasteiger partial charge in [-0.25, -0.2) is 0 Å². The van der Waals surface area contributed by atoms with Crippen molar-refractivity contribution in [2.75, 3.05) is 4.90 Å². The Kier molecular flexibility index (Phi) is 10.2. The fourth-order valence-electron chi connectivity index (χ4n) is 10.4. The molecule has 0 fully saturated rings. The first-order chi connectivity index (χ1) is 33.2. The lowest BCUT2D eigenvalue weighted by atomic mass is 10.0. The Hall–Kier alpha value is -8.50. The average molecular weight is 871 g/mol. The van der Waals surface area contributed by atoms with Crippen LogP contribution >= 0.6 is 0 Å². The summed E-state index contributed by atoms with van der Waals surface area (Å²) < 4.78 is 2.41. The highest BCUT2D eigenvalue weighted by Gasteiger charge is 2.41. The molecule has 67 heavy (non-hydrogen) atoms. The van der Waals surface area contributed by atoms with Crippen LogP contribution < -0.4 is 25.6 Å². The van der Waals surface area contributed by atoms with Crippen LogP contribution in [-0.2, 0) is 0 Å². The molecule has 0 N–H and O–H groups in total. The average Bonchev–Trinajstić information content (AvgIpc) is 3.73. The van der Waals surface area contributed by atoms with E-state index in [2.05, 4.69) is 289 Å². The number of para-hydroxylation sites is 2. The van der Waals surface area contributed by atoms with Gasteiger partial charge in [0.25, 0.3) is 0 Å². The molecule has 0 radical (unpaired) electrons. The summed E-state index contributed by atoms with van der Waals surface area (Å²) in [6.45, 7) is 0. The lowest BCUT2D eigenvalue weighted by Gasteiger charge is -2.35. The van der Waals surface area contributed by atoms with Gasteiger partial charge in [-0.3, -0.25) is 0 Å².